The molecule has 2 rings (SSSR count). The molecule has 2 unspecified atom stereocenters. The van der Waals surface area contributed by atoms with Gasteiger partial charge in [-0.05, 0) is 37.8 Å². The summed E-state index contributed by atoms with van der Waals surface area (Å²) < 4.78 is 0. The van der Waals surface area contributed by atoms with Crippen molar-refractivity contribution < 1.29 is 0 Å². The second kappa shape index (κ2) is 5.15. The van der Waals surface area contributed by atoms with Gasteiger partial charge in [-0.2, -0.15) is 0 Å². The van der Waals surface area contributed by atoms with Crippen molar-refractivity contribution in [2.45, 2.75) is 39.3 Å². The highest BCUT2D eigenvalue weighted by atomic mass is 35.5. The summed E-state index contributed by atoms with van der Waals surface area (Å²) in [4.78, 5) is 6.87. The second-order valence-electron chi connectivity index (χ2n) is 4.93. The average Bonchev–Trinajstić information content (AvgIpc) is 2.24. The Morgan fingerprint density at radius 2 is 2.25 bits per heavy atom. The summed E-state index contributed by atoms with van der Waals surface area (Å²) in [5, 5.41) is 0.780. The molecule has 1 aromatic rings. The molecular formula is C13H19ClN2. The van der Waals surface area contributed by atoms with Crippen molar-refractivity contribution in [1.82, 2.24) is 9.88 Å². The van der Waals surface area contributed by atoms with Gasteiger partial charge in [0.05, 0.1) is 5.69 Å². The molecule has 88 valence electrons. The van der Waals surface area contributed by atoms with Crippen molar-refractivity contribution in [3.63, 3.8) is 0 Å². The molecule has 2 heterocycles. The van der Waals surface area contributed by atoms with Crippen LogP contribution in [0.1, 0.15) is 32.4 Å². The van der Waals surface area contributed by atoms with Crippen LogP contribution in [0.5, 0.6) is 0 Å². The van der Waals surface area contributed by atoms with E-state index in [0.717, 1.165) is 23.2 Å². The summed E-state index contributed by atoms with van der Waals surface area (Å²) >= 11 is 5.97. The molecule has 0 N–H and O–H groups in total. The van der Waals surface area contributed by atoms with Crippen molar-refractivity contribution in [2.75, 3.05) is 6.54 Å². The lowest BCUT2D eigenvalue weighted by Gasteiger charge is -2.36. The first-order chi connectivity index (χ1) is 7.65. The Balaban J connectivity index is 2.02. The van der Waals surface area contributed by atoms with E-state index in [1.165, 1.54) is 19.4 Å². The standard InChI is InChI=1S/C13H19ClN2/c1-10-3-4-11(2)16(8-10)9-13-7-12(14)5-6-15-13/h5-7,10-11H,3-4,8-9H2,1-2H3. The van der Waals surface area contributed by atoms with Crippen LogP contribution < -0.4 is 0 Å². The van der Waals surface area contributed by atoms with Crippen molar-refractivity contribution in [2.24, 2.45) is 5.92 Å². The number of nitrogens with zero attached hydrogens (tertiary/aromatic N) is 2. The minimum absolute atomic E-state index is 0.664. The molecular weight excluding hydrogens is 220 g/mol. The Kier molecular flexibility index (Phi) is 3.82. The van der Waals surface area contributed by atoms with E-state index in [1.807, 2.05) is 12.1 Å². The molecule has 0 amide bonds. The van der Waals surface area contributed by atoms with Crippen molar-refractivity contribution >= 4 is 11.6 Å². The van der Waals surface area contributed by atoms with Crippen LogP contribution in [-0.2, 0) is 6.54 Å². The molecule has 1 saturated heterocycles. The van der Waals surface area contributed by atoms with E-state index in [9.17, 15) is 0 Å². The summed E-state index contributed by atoms with van der Waals surface area (Å²) in [7, 11) is 0. The number of hydrogen-bond acceptors (Lipinski definition) is 2. The highest BCUT2D eigenvalue weighted by Crippen LogP contribution is 2.23. The Labute approximate surface area is 103 Å². The molecule has 0 aliphatic carbocycles. The monoisotopic (exact) mass is 238 g/mol. The number of rotatable bonds is 2. The van der Waals surface area contributed by atoms with Crippen molar-refractivity contribution in [3.8, 4) is 0 Å². The van der Waals surface area contributed by atoms with E-state index >= 15 is 0 Å². The van der Waals surface area contributed by atoms with Crippen LogP contribution in [-0.4, -0.2) is 22.5 Å². The Morgan fingerprint density at radius 1 is 1.44 bits per heavy atom. The third kappa shape index (κ3) is 2.96. The molecule has 3 heteroatoms. The Bertz CT molecular complexity index is 354. The fraction of sp³-hybridized carbons (Fsp3) is 0.615. The van der Waals surface area contributed by atoms with E-state index in [-0.39, 0.29) is 0 Å². The number of hydrogen-bond donors (Lipinski definition) is 0. The molecule has 0 radical (unpaired) electrons. The lowest BCUT2D eigenvalue weighted by atomic mass is 9.95. The van der Waals surface area contributed by atoms with Crippen LogP contribution in [0.3, 0.4) is 0 Å². The SMILES string of the molecule is CC1CCC(C)N(Cc2cc(Cl)ccn2)C1. The van der Waals surface area contributed by atoms with Crippen LogP contribution in [0.4, 0.5) is 0 Å². The fourth-order valence-corrected chi connectivity index (χ4v) is 2.53. The molecule has 2 nitrogen and oxygen atoms in total. The molecule has 1 aliphatic rings. The summed E-state index contributed by atoms with van der Waals surface area (Å²) in [6, 6.07) is 4.46. The van der Waals surface area contributed by atoms with E-state index in [2.05, 4.69) is 23.7 Å². The fourth-order valence-electron chi connectivity index (χ4n) is 2.34. The van der Waals surface area contributed by atoms with Gasteiger partial charge in [-0.25, -0.2) is 0 Å². The van der Waals surface area contributed by atoms with Gasteiger partial charge in [0.25, 0.3) is 0 Å². The third-order valence-electron chi connectivity index (χ3n) is 3.39. The predicted molar refractivity (Wildman–Crippen MR) is 67.5 cm³/mol. The lowest BCUT2D eigenvalue weighted by molar-refractivity contribution is 0.116. The second-order valence-corrected chi connectivity index (χ2v) is 5.36. The van der Waals surface area contributed by atoms with Crippen LogP contribution >= 0.6 is 11.6 Å². The minimum Gasteiger partial charge on any atom is -0.295 e. The van der Waals surface area contributed by atoms with Crippen molar-refractivity contribution in [1.29, 1.82) is 0 Å². The summed E-state index contributed by atoms with van der Waals surface area (Å²) in [6.45, 7) is 6.72. The van der Waals surface area contributed by atoms with Crippen LogP contribution in [0.25, 0.3) is 0 Å². The number of likely N-dealkylation sites (tertiary alicyclic amines) is 1. The zero-order valence-electron chi connectivity index (χ0n) is 9.99. The molecule has 0 aromatic carbocycles. The summed E-state index contributed by atoms with van der Waals surface area (Å²) in [6.07, 6.45) is 4.43. The predicted octanol–water partition coefficient (Wildman–Crippen LogP) is 3.36. The molecule has 2 atom stereocenters. The van der Waals surface area contributed by atoms with E-state index in [4.69, 9.17) is 11.6 Å². The first-order valence-corrected chi connectivity index (χ1v) is 6.37. The topological polar surface area (TPSA) is 16.1 Å². The quantitative estimate of drug-likeness (QED) is 0.786. The van der Waals surface area contributed by atoms with Crippen molar-refractivity contribution in [3.05, 3.63) is 29.0 Å². The Morgan fingerprint density at radius 3 is 3.00 bits per heavy atom. The maximum atomic E-state index is 5.97. The largest absolute Gasteiger partial charge is 0.295 e. The molecule has 1 fully saturated rings. The molecule has 1 aliphatic heterocycles. The number of pyridine rings is 1. The normalized spacial score (nSPS) is 26.9. The van der Waals surface area contributed by atoms with Gasteiger partial charge in [-0.1, -0.05) is 18.5 Å². The third-order valence-corrected chi connectivity index (χ3v) is 3.63. The Hall–Kier alpha value is -0.600. The molecule has 0 bridgehead atoms. The van der Waals surface area contributed by atoms with Gasteiger partial charge in [0.1, 0.15) is 0 Å². The first kappa shape index (κ1) is 11.9. The van der Waals surface area contributed by atoms with Gasteiger partial charge in [0.2, 0.25) is 0 Å². The lowest BCUT2D eigenvalue weighted by Crippen LogP contribution is -2.40. The molecule has 0 saturated carbocycles. The minimum atomic E-state index is 0.664. The van der Waals surface area contributed by atoms with Crippen LogP contribution in [0.2, 0.25) is 5.02 Å². The first-order valence-electron chi connectivity index (χ1n) is 5.99. The smallest absolute Gasteiger partial charge is 0.0558 e. The van der Waals surface area contributed by atoms with E-state index in [0.29, 0.717) is 6.04 Å². The van der Waals surface area contributed by atoms with Gasteiger partial charge in [-0.3, -0.25) is 9.88 Å². The van der Waals surface area contributed by atoms with Gasteiger partial charge in [0.15, 0.2) is 0 Å². The van der Waals surface area contributed by atoms with Crippen LogP contribution in [0.15, 0.2) is 18.3 Å². The summed E-state index contributed by atoms with van der Waals surface area (Å²) in [5.74, 6) is 0.801. The van der Waals surface area contributed by atoms with Gasteiger partial charge in [0, 0.05) is 30.4 Å². The van der Waals surface area contributed by atoms with E-state index in [1.54, 1.807) is 6.20 Å². The van der Waals surface area contributed by atoms with Gasteiger partial charge >= 0.3 is 0 Å². The molecule has 16 heavy (non-hydrogen) atoms. The number of piperidine rings is 1. The maximum Gasteiger partial charge on any atom is 0.0558 e. The van der Waals surface area contributed by atoms with Gasteiger partial charge in [-0.15, -0.1) is 0 Å². The highest BCUT2D eigenvalue weighted by molar-refractivity contribution is 6.30. The maximum absolute atomic E-state index is 5.97. The molecule has 0 spiro atoms. The molecule has 1 aromatic heterocycles. The summed E-state index contributed by atoms with van der Waals surface area (Å²) in [5.41, 5.74) is 1.08. The zero-order chi connectivity index (χ0) is 11.5. The van der Waals surface area contributed by atoms with Gasteiger partial charge < -0.3 is 0 Å². The number of halogens is 1. The highest BCUT2D eigenvalue weighted by Gasteiger charge is 2.22. The zero-order valence-corrected chi connectivity index (χ0v) is 10.7. The van der Waals surface area contributed by atoms with Crippen LogP contribution in [0, 0.1) is 5.92 Å². The average molecular weight is 239 g/mol. The number of aromatic nitrogens is 1. The van der Waals surface area contributed by atoms with E-state index < -0.39 is 0 Å².